The van der Waals surface area contributed by atoms with Crippen LogP contribution in [0, 0.1) is 6.92 Å². The summed E-state index contributed by atoms with van der Waals surface area (Å²) in [6, 6.07) is 7.46. The molecule has 6 nitrogen and oxygen atoms in total. The van der Waals surface area contributed by atoms with Gasteiger partial charge in [0.25, 0.3) is 5.91 Å². The number of carbonyl (C=O) groups is 1. The van der Waals surface area contributed by atoms with Gasteiger partial charge in [-0.15, -0.1) is 0 Å². The first-order valence-electron chi connectivity index (χ1n) is 6.59. The van der Waals surface area contributed by atoms with E-state index < -0.39 is 10.0 Å². The van der Waals surface area contributed by atoms with Crippen LogP contribution in [0.5, 0.6) is 0 Å². The molecule has 0 fully saturated rings. The zero-order valence-corrected chi connectivity index (χ0v) is 12.8. The van der Waals surface area contributed by atoms with Gasteiger partial charge in [0, 0.05) is 24.0 Å². The second kappa shape index (κ2) is 6.28. The summed E-state index contributed by atoms with van der Waals surface area (Å²) in [7, 11) is -3.18. The van der Waals surface area contributed by atoms with Crippen LogP contribution in [0.4, 0.5) is 0 Å². The lowest BCUT2D eigenvalue weighted by Gasteiger charge is -2.04. The lowest BCUT2D eigenvalue weighted by Crippen LogP contribution is -2.29. The normalized spacial score (nSPS) is 11.7. The van der Waals surface area contributed by atoms with Gasteiger partial charge in [-0.3, -0.25) is 4.79 Å². The minimum absolute atomic E-state index is 0.289. The van der Waals surface area contributed by atoms with E-state index >= 15 is 0 Å². The van der Waals surface area contributed by atoms with Crippen molar-refractivity contribution in [3.8, 4) is 0 Å². The van der Waals surface area contributed by atoms with Crippen LogP contribution in [-0.2, 0) is 10.0 Å². The first-order valence-corrected chi connectivity index (χ1v) is 8.48. The molecule has 0 aliphatic rings. The average molecular weight is 310 g/mol. The highest BCUT2D eigenvalue weighted by atomic mass is 32.2. The lowest BCUT2D eigenvalue weighted by molar-refractivity contribution is 0.0927. The summed E-state index contributed by atoms with van der Waals surface area (Å²) < 4.78 is 29.7. The van der Waals surface area contributed by atoms with Crippen LogP contribution < -0.4 is 10.0 Å². The van der Waals surface area contributed by atoms with Crippen molar-refractivity contribution in [3.63, 3.8) is 0 Å². The number of hydrogen-bond acceptors (Lipinski definition) is 4. The average Bonchev–Trinajstić information content (AvgIpc) is 2.75. The molecule has 114 valence electrons. The van der Waals surface area contributed by atoms with Crippen molar-refractivity contribution in [1.82, 2.24) is 10.0 Å². The number of hydrogen-bond donors (Lipinski definition) is 2. The molecule has 2 N–H and O–H groups in total. The summed E-state index contributed by atoms with van der Waals surface area (Å²) >= 11 is 0. The van der Waals surface area contributed by atoms with Crippen LogP contribution >= 0.6 is 0 Å². The van der Waals surface area contributed by atoms with E-state index in [-0.39, 0.29) is 12.5 Å². The maximum absolute atomic E-state index is 12.1. The molecule has 0 saturated heterocycles. The molecule has 1 heterocycles. The molecule has 1 aromatic heterocycles. The van der Waals surface area contributed by atoms with Gasteiger partial charge in [-0.2, -0.15) is 0 Å². The second-order valence-electron chi connectivity index (χ2n) is 4.83. The number of benzene rings is 1. The minimum Gasteiger partial charge on any atom is -0.451 e. The van der Waals surface area contributed by atoms with E-state index in [0.717, 1.165) is 17.2 Å². The molecule has 0 atom stereocenters. The Labute approximate surface area is 123 Å². The Hall–Kier alpha value is -1.86. The fourth-order valence-electron chi connectivity index (χ4n) is 2.02. The van der Waals surface area contributed by atoms with E-state index in [4.69, 9.17) is 4.42 Å². The van der Waals surface area contributed by atoms with Crippen molar-refractivity contribution >= 4 is 26.9 Å². The molecule has 0 saturated carbocycles. The van der Waals surface area contributed by atoms with E-state index in [1.54, 1.807) is 0 Å². The van der Waals surface area contributed by atoms with E-state index in [1.807, 2.05) is 31.2 Å². The number of para-hydroxylation sites is 1. The second-order valence-corrected chi connectivity index (χ2v) is 6.66. The van der Waals surface area contributed by atoms with Crippen molar-refractivity contribution in [2.75, 3.05) is 19.3 Å². The first-order chi connectivity index (χ1) is 9.88. The van der Waals surface area contributed by atoms with Crippen molar-refractivity contribution in [1.29, 1.82) is 0 Å². The van der Waals surface area contributed by atoms with E-state index in [0.29, 0.717) is 24.3 Å². The van der Waals surface area contributed by atoms with E-state index in [2.05, 4.69) is 10.0 Å². The molecule has 0 radical (unpaired) electrons. The van der Waals surface area contributed by atoms with E-state index in [1.165, 1.54) is 0 Å². The van der Waals surface area contributed by atoms with Crippen LogP contribution in [0.25, 0.3) is 11.0 Å². The Bertz CT molecular complexity index is 749. The van der Waals surface area contributed by atoms with Gasteiger partial charge in [0.05, 0.1) is 6.26 Å². The number of rotatable bonds is 6. The number of furan rings is 1. The molecule has 1 amide bonds. The summed E-state index contributed by atoms with van der Waals surface area (Å²) in [5.41, 5.74) is 1.48. The van der Waals surface area contributed by atoms with Gasteiger partial charge < -0.3 is 9.73 Å². The van der Waals surface area contributed by atoms with E-state index in [9.17, 15) is 13.2 Å². The Morgan fingerprint density at radius 1 is 1.24 bits per heavy atom. The molecule has 0 aliphatic carbocycles. The Morgan fingerprint density at radius 2 is 1.95 bits per heavy atom. The lowest BCUT2D eigenvalue weighted by atomic mass is 10.1. The largest absolute Gasteiger partial charge is 0.451 e. The molecule has 21 heavy (non-hydrogen) atoms. The third-order valence-corrected chi connectivity index (χ3v) is 3.78. The molecule has 0 aliphatic heterocycles. The maximum atomic E-state index is 12.1. The third kappa shape index (κ3) is 4.05. The highest BCUT2D eigenvalue weighted by molar-refractivity contribution is 7.88. The summed E-state index contributed by atoms with van der Waals surface area (Å²) in [6.07, 6.45) is 1.61. The van der Waals surface area contributed by atoms with Crippen LogP contribution in [0.3, 0.4) is 0 Å². The molecule has 2 rings (SSSR count). The van der Waals surface area contributed by atoms with Gasteiger partial charge in [-0.25, -0.2) is 13.1 Å². The van der Waals surface area contributed by atoms with Crippen molar-refractivity contribution in [2.45, 2.75) is 13.3 Å². The topological polar surface area (TPSA) is 88.4 Å². The first kappa shape index (κ1) is 15.5. The maximum Gasteiger partial charge on any atom is 0.287 e. The summed E-state index contributed by atoms with van der Waals surface area (Å²) in [4.78, 5) is 12.1. The van der Waals surface area contributed by atoms with Gasteiger partial charge in [-0.05, 0) is 19.4 Å². The fraction of sp³-hybridized carbons (Fsp3) is 0.357. The van der Waals surface area contributed by atoms with Crippen LogP contribution in [0.1, 0.15) is 22.5 Å². The molecular formula is C14H18N2O4S. The number of amides is 1. The Kier molecular flexibility index (Phi) is 4.64. The third-order valence-electron chi connectivity index (χ3n) is 3.05. The number of nitrogens with one attached hydrogen (secondary N) is 2. The molecule has 2 aromatic rings. The molecule has 1 aromatic carbocycles. The van der Waals surface area contributed by atoms with Gasteiger partial charge in [0.15, 0.2) is 5.76 Å². The van der Waals surface area contributed by atoms with Crippen LogP contribution in [0.15, 0.2) is 28.7 Å². The number of sulfonamides is 1. The Morgan fingerprint density at radius 3 is 2.62 bits per heavy atom. The number of aryl methyl sites for hydroxylation is 1. The molecule has 0 unspecified atom stereocenters. The summed E-state index contributed by atoms with van der Waals surface area (Å²) in [5, 5.41) is 3.64. The molecular weight excluding hydrogens is 292 g/mol. The van der Waals surface area contributed by atoms with Gasteiger partial charge in [0.1, 0.15) is 5.58 Å². The van der Waals surface area contributed by atoms with Gasteiger partial charge in [-0.1, -0.05) is 18.2 Å². The van der Waals surface area contributed by atoms with Gasteiger partial charge >= 0.3 is 0 Å². The van der Waals surface area contributed by atoms with Crippen LogP contribution in [0.2, 0.25) is 0 Å². The number of carbonyl (C=O) groups excluding carboxylic acids is 1. The van der Waals surface area contributed by atoms with Gasteiger partial charge in [0.2, 0.25) is 10.0 Å². The predicted molar refractivity (Wildman–Crippen MR) is 80.7 cm³/mol. The monoisotopic (exact) mass is 310 g/mol. The predicted octanol–water partition coefficient (Wildman–Crippen LogP) is 1.41. The highest BCUT2D eigenvalue weighted by Gasteiger charge is 2.16. The highest BCUT2D eigenvalue weighted by Crippen LogP contribution is 2.24. The van der Waals surface area contributed by atoms with Crippen molar-refractivity contribution in [3.05, 3.63) is 35.6 Å². The smallest absolute Gasteiger partial charge is 0.287 e. The number of fused-ring (bicyclic) bond motifs is 1. The fourth-order valence-corrected chi connectivity index (χ4v) is 2.53. The standard InChI is InChI=1S/C14H18N2O4S/c1-10-11-6-3-4-7-12(11)20-13(10)14(17)15-8-5-9-16-21(2,18)19/h3-4,6-7,16H,5,8-9H2,1-2H3,(H,15,17). The molecule has 0 spiro atoms. The zero-order chi connectivity index (χ0) is 15.5. The van der Waals surface area contributed by atoms with Crippen molar-refractivity contribution < 1.29 is 17.6 Å². The van der Waals surface area contributed by atoms with Crippen LogP contribution in [-0.4, -0.2) is 33.7 Å². The molecule has 7 heteroatoms. The van der Waals surface area contributed by atoms with Crippen molar-refractivity contribution in [2.24, 2.45) is 0 Å². The minimum atomic E-state index is -3.18. The Balaban J connectivity index is 1.92. The zero-order valence-electron chi connectivity index (χ0n) is 12.0. The summed E-state index contributed by atoms with van der Waals surface area (Å²) in [5.74, 6) is 0.00956. The molecule has 0 bridgehead atoms. The SMILES string of the molecule is Cc1c(C(=O)NCCCNS(C)(=O)=O)oc2ccccc12. The quantitative estimate of drug-likeness (QED) is 0.790. The summed E-state index contributed by atoms with van der Waals surface area (Å²) in [6.45, 7) is 2.50.